The average Bonchev–Trinajstić information content (AvgIpc) is 3.31. The number of carboxylic acids is 1. The van der Waals surface area contributed by atoms with Crippen LogP contribution < -0.4 is 10.1 Å². The molecule has 1 saturated carbocycles. The molecular formula is C28H26ClFN4O4. The minimum Gasteiger partial charge on any atom is -0.481 e. The van der Waals surface area contributed by atoms with E-state index in [2.05, 4.69) is 15.4 Å². The molecule has 1 amide bonds. The number of hydrogen-bond donors (Lipinski definition) is 2. The number of nitrogens with zero attached hydrogens (tertiary/aromatic N) is 3. The van der Waals surface area contributed by atoms with Crippen LogP contribution in [-0.4, -0.2) is 44.9 Å². The minimum atomic E-state index is -0.795. The summed E-state index contributed by atoms with van der Waals surface area (Å²) in [6.07, 6.45) is 5.42. The zero-order chi connectivity index (χ0) is 26.8. The number of pyridine rings is 1. The van der Waals surface area contributed by atoms with Crippen molar-refractivity contribution in [3.8, 4) is 17.0 Å². The van der Waals surface area contributed by atoms with Gasteiger partial charge in [-0.3, -0.25) is 14.3 Å². The van der Waals surface area contributed by atoms with Crippen LogP contribution >= 0.6 is 11.6 Å². The summed E-state index contributed by atoms with van der Waals surface area (Å²) in [6.45, 7) is 0.112. The van der Waals surface area contributed by atoms with Gasteiger partial charge < -0.3 is 15.2 Å². The van der Waals surface area contributed by atoms with Gasteiger partial charge >= 0.3 is 5.97 Å². The third-order valence-electron chi connectivity index (χ3n) is 7.01. The summed E-state index contributed by atoms with van der Waals surface area (Å²) in [5.41, 5.74) is 2.76. The van der Waals surface area contributed by atoms with E-state index in [1.54, 1.807) is 47.4 Å². The Morgan fingerprint density at radius 3 is 2.61 bits per heavy atom. The van der Waals surface area contributed by atoms with Gasteiger partial charge in [-0.25, -0.2) is 9.37 Å². The molecule has 4 aromatic rings. The fourth-order valence-electron chi connectivity index (χ4n) is 4.95. The number of ether oxygens (including phenoxy) is 1. The van der Waals surface area contributed by atoms with Crippen LogP contribution in [-0.2, 0) is 11.3 Å². The monoisotopic (exact) mass is 536 g/mol. The van der Waals surface area contributed by atoms with Gasteiger partial charge in [-0.15, -0.1) is 0 Å². The molecule has 0 atom stereocenters. The number of carbonyl (C=O) groups excluding carboxylic acids is 1. The zero-order valence-corrected chi connectivity index (χ0v) is 21.4. The Balaban J connectivity index is 1.39. The molecule has 2 heterocycles. The normalized spacial score (nSPS) is 17.3. The number of carboxylic acid groups (broad SMARTS) is 1. The second kappa shape index (κ2) is 10.8. The smallest absolute Gasteiger partial charge is 0.306 e. The van der Waals surface area contributed by atoms with Gasteiger partial charge in [0.05, 0.1) is 36.8 Å². The van der Waals surface area contributed by atoms with Crippen molar-refractivity contribution >= 4 is 34.4 Å². The fraction of sp³-hybridized carbons (Fsp3) is 0.286. The number of carbonyl (C=O) groups is 2. The molecule has 196 valence electrons. The van der Waals surface area contributed by atoms with Crippen molar-refractivity contribution in [2.24, 2.45) is 5.92 Å². The number of nitrogens with one attached hydrogen (secondary N) is 1. The van der Waals surface area contributed by atoms with Crippen LogP contribution in [0, 0.1) is 11.7 Å². The largest absolute Gasteiger partial charge is 0.481 e. The van der Waals surface area contributed by atoms with Crippen LogP contribution in [0.15, 0.2) is 54.9 Å². The van der Waals surface area contributed by atoms with E-state index in [-0.39, 0.29) is 24.4 Å². The molecule has 0 spiro atoms. The van der Waals surface area contributed by atoms with E-state index < -0.39 is 11.8 Å². The van der Waals surface area contributed by atoms with Crippen molar-refractivity contribution in [1.29, 1.82) is 0 Å². The first-order valence-corrected chi connectivity index (χ1v) is 12.7. The van der Waals surface area contributed by atoms with Gasteiger partial charge in [-0.2, -0.15) is 5.10 Å². The first-order chi connectivity index (χ1) is 18.3. The number of fused-ring (bicyclic) bond motifs is 1. The molecule has 1 aliphatic carbocycles. The summed E-state index contributed by atoms with van der Waals surface area (Å²) in [5, 5.41) is 17.7. The van der Waals surface area contributed by atoms with Crippen LogP contribution in [0.4, 0.5) is 4.39 Å². The van der Waals surface area contributed by atoms with Gasteiger partial charge in [0.15, 0.2) is 0 Å². The molecular weight excluding hydrogens is 511 g/mol. The van der Waals surface area contributed by atoms with E-state index in [9.17, 15) is 14.7 Å². The summed E-state index contributed by atoms with van der Waals surface area (Å²) >= 11 is 6.30. The summed E-state index contributed by atoms with van der Waals surface area (Å²) < 4.78 is 22.0. The second-order valence-corrected chi connectivity index (χ2v) is 9.88. The predicted molar refractivity (Wildman–Crippen MR) is 141 cm³/mol. The van der Waals surface area contributed by atoms with Gasteiger partial charge in [0.1, 0.15) is 5.82 Å². The Kier molecular flexibility index (Phi) is 7.28. The first kappa shape index (κ1) is 25.7. The van der Waals surface area contributed by atoms with Gasteiger partial charge in [-0.05, 0) is 61.1 Å². The summed E-state index contributed by atoms with van der Waals surface area (Å²) in [6, 6.07) is 11.6. The van der Waals surface area contributed by atoms with E-state index in [0.29, 0.717) is 64.2 Å². The lowest BCUT2D eigenvalue weighted by molar-refractivity contribution is -0.142. The Bertz CT molecular complexity index is 1510. The molecule has 1 aliphatic rings. The van der Waals surface area contributed by atoms with E-state index >= 15 is 4.39 Å². The second-order valence-electron chi connectivity index (χ2n) is 9.45. The maximum atomic E-state index is 15.2. The number of rotatable bonds is 7. The maximum absolute atomic E-state index is 15.2. The molecule has 1 fully saturated rings. The number of aliphatic carboxylic acids is 1. The van der Waals surface area contributed by atoms with Crippen molar-refractivity contribution in [2.45, 2.75) is 38.3 Å². The van der Waals surface area contributed by atoms with Crippen LogP contribution in [0.5, 0.6) is 5.88 Å². The molecule has 5 rings (SSSR count). The molecule has 0 aliphatic heterocycles. The number of amides is 1. The molecule has 0 radical (unpaired) electrons. The van der Waals surface area contributed by atoms with E-state index in [1.165, 1.54) is 13.2 Å². The third kappa shape index (κ3) is 5.33. The molecule has 2 N–H and O–H groups in total. The quantitative estimate of drug-likeness (QED) is 0.331. The van der Waals surface area contributed by atoms with E-state index in [1.807, 2.05) is 6.07 Å². The number of methoxy groups -OCH3 is 1. The topological polar surface area (TPSA) is 106 Å². The maximum Gasteiger partial charge on any atom is 0.306 e. The van der Waals surface area contributed by atoms with Crippen molar-refractivity contribution in [1.82, 2.24) is 20.1 Å². The number of hydrogen-bond acceptors (Lipinski definition) is 5. The van der Waals surface area contributed by atoms with E-state index in [4.69, 9.17) is 16.3 Å². The molecule has 8 nitrogen and oxygen atoms in total. The van der Waals surface area contributed by atoms with E-state index in [0.717, 1.165) is 5.56 Å². The van der Waals surface area contributed by atoms with Crippen LogP contribution in [0.25, 0.3) is 22.0 Å². The Labute approximate surface area is 223 Å². The lowest BCUT2D eigenvalue weighted by Crippen LogP contribution is -2.38. The molecule has 10 heteroatoms. The lowest BCUT2D eigenvalue weighted by atomic mass is 9.86. The van der Waals surface area contributed by atoms with Crippen molar-refractivity contribution in [3.05, 3.63) is 76.8 Å². The molecule has 2 aromatic carbocycles. The van der Waals surface area contributed by atoms with Crippen LogP contribution in [0.1, 0.15) is 41.6 Å². The Morgan fingerprint density at radius 1 is 1.13 bits per heavy atom. The van der Waals surface area contributed by atoms with Gasteiger partial charge in [0.2, 0.25) is 5.88 Å². The van der Waals surface area contributed by atoms with Crippen molar-refractivity contribution in [3.63, 3.8) is 0 Å². The van der Waals surface area contributed by atoms with Crippen molar-refractivity contribution in [2.75, 3.05) is 7.11 Å². The lowest BCUT2D eigenvalue weighted by Gasteiger charge is -2.27. The first-order valence-electron chi connectivity index (χ1n) is 12.3. The number of benzene rings is 2. The fourth-order valence-corrected chi connectivity index (χ4v) is 5.18. The number of halogens is 2. The highest BCUT2D eigenvalue weighted by Crippen LogP contribution is 2.29. The van der Waals surface area contributed by atoms with Crippen LogP contribution in [0.2, 0.25) is 5.02 Å². The van der Waals surface area contributed by atoms with Gasteiger partial charge in [-0.1, -0.05) is 23.7 Å². The molecule has 2 aromatic heterocycles. The minimum absolute atomic E-state index is 0.112. The number of aromatic nitrogens is 3. The highest BCUT2D eigenvalue weighted by atomic mass is 35.5. The predicted octanol–water partition coefficient (Wildman–Crippen LogP) is 5.32. The standard InChI is InChI=1S/C28H26ClFN4O4/c1-38-25-12-18(8-9-31-25)17-2-3-19(24(30)11-17)15-34-26-20(14-32-34)10-21(29)13-23(26)27(35)33-22-6-4-16(5-7-22)28(36)37/h2-3,8-14,16,22H,4-7,15H2,1H3,(H,33,35)(H,36,37). The molecule has 0 bridgehead atoms. The summed E-state index contributed by atoms with van der Waals surface area (Å²) in [4.78, 5) is 28.6. The Morgan fingerprint density at radius 2 is 1.89 bits per heavy atom. The third-order valence-corrected chi connectivity index (χ3v) is 7.22. The molecule has 38 heavy (non-hydrogen) atoms. The molecule has 0 saturated heterocycles. The Hall–Kier alpha value is -3.98. The summed E-state index contributed by atoms with van der Waals surface area (Å²) in [7, 11) is 1.52. The SMILES string of the molecule is COc1cc(-c2ccc(Cn3ncc4cc(Cl)cc(C(=O)NC5CCC(C(=O)O)CC5)c43)c(F)c2)ccn1. The highest BCUT2D eigenvalue weighted by Gasteiger charge is 2.28. The summed E-state index contributed by atoms with van der Waals surface area (Å²) in [5.74, 6) is -1.45. The highest BCUT2D eigenvalue weighted by molar-refractivity contribution is 6.32. The molecule has 0 unspecified atom stereocenters. The zero-order valence-electron chi connectivity index (χ0n) is 20.7. The average molecular weight is 537 g/mol. The van der Waals surface area contributed by atoms with Crippen LogP contribution in [0.3, 0.4) is 0 Å². The van der Waals surface area contributed by atoms with Gasteiger partial charge in [0, 0.05) is 34.3 Å². The van der Waals surface area contributed by atoms with Gasteiger partial charge in [0.25, 0.3) is 5.91 Å². The van der Waals surface area contributed by atoms with Crippen molar-refractivity contribution < 1.29 is 23.8 Å².